The van der Waals surface area contributed by atoms with Crippen molar-refractivity contribution in [2.45, 2.75) is 25.9 Å². The maximum Gasteiger partial charge on any atom is 0.267 e. The van der Waals surface area contributed by atoms with Crippen LogP contribution in [0.4, 0.5) is 5.69 Å². The lowest BCUT2D eigenvalue weighted by Crippen LogP contribution is -2.44. The van der Waals surface area contributed by atoms with E-state index >= 15 is 0 Å². The van der Waals surface area contributed by atoms with E-state index in [9.17, 15) is 9.90 Å². The van der Waals surface area contributed by atoms with Crippen LogP contribution in [0.1, 0.15) is 18.9 Å². The van der Waals surface area contributed by atoms with E-state index in [4.69, 9.17) is 4.74 Å². The summed E-state index contributed by atoms with van der Waals surface area (Å²) >= 11 is 0. The molecule has 1 aliphatic rings. The first-order valence-electron chi connectivity index (χ1n) is 7.50. The van der Waals surface area contributed by atoms with E-state index < -0.39 is 6.10 Å². The minimum Gasteiger partial charge on any atom is -0.508 e. The standard InChI is InChI=1S/C18H19NO3/c1-13-18(21)19(11-5-8-14-6-3-2-4-7-14)16-10-9-15(20)12-17(16)22-13/h2-4,6-7,9-10,12-13,20H,5,8,11H2,1H3. The Labute approximate surface area is 130 Å². The summed E-state index contributed by atoms with van der Waals surface area (Å²) in [5.74, 6) is 0.669. The normalized spacial score (nSPS) is 17.0. The fourth-order valence-corrected chi connectivity index (χ4v) is 2.72. The Morgan fingerprint density at radius 1 is 1.18 bits per heavy atom. The molecule has 0 saturated carbocycles. The van der Waals surface area contributed by atoms with E-state index in [2.05, 4.69) is 12.1 Å². The minimum absolute atomic E-state index is 0.0359. The second-order valence-corrected chi connectivity index (χ2v) is 5.49. The van der Waals surface area contributed by atoms with Crippen LogP contribution in [-0.4, -0.2) is 23.7 Å². The Hall–Kier alpha value is -2.49. The molecule has 3 rings (SSSR count). The second kappa shape index (κ2) is 6.10. The highest BCUT2D eigenvalue weighted by molar-refractivity contribution is 5.99. The van der Waals surface area contributed by atoms with Gasteiger partial charge in [0.15, 0.2) is 6.10 Å². The second-order valence-electron chi connectivity index (χ2n) is 5.49. The van der Waals surface area contributed by atoms with Crippen LogP contribution in [-0.2, 0) is 11.2 Å². The molecule has 114 valence electrons. The van der Waals surface area contributed by atoms with Crippen molar-refractivity contribution in [1.29, 1.82) is 0 Å². The van der Waals surface area contributed by atoms with Crippen LogP contribution in [0.2, 0.25) is 0 Å². The first-order valence-corrected chi connectivity index (χ1v) is 7.50. The number of ether oxygens (including phenoxy) is 1. The van der Waals surface area contributed by atoms with Gasteiger partial charge in [-0.05, 0) is 37.5 Å². The maximum atomic E-state index is 12.4. The van der Waals surface area contributed by atoms with Gasteiger partial charge in [0.2, 0.25) is 0 Å². The smallest absolute Gasteiger partial charge is 0.267 e. The third-order valence-electron chi connectivity index (χ3n) is 3.84. The average molecular weight is 297 g/mol. The lowest BCUT2D eigenvalue weighted by atomic mass is 10.1. The molecular formula is C18H19NO3. The van der Waals surface area contributed by atoms with Crippen LogP contribution in [0.3, 0.4) is 0 Å². The number of carbonyl (C=O) groups is 1. The number of benzene rings is 2. The van der Waals surface area contributed by atoms with E-state index in [0.29, 0.717) is 12.3 Å². The van der Waals surface area contributed by atoms with E-state index in [1.54, 1.807) is 30.0 Å². The highest BCUT2D eigenvalue weighted by Crippen LogP contribution is 2.36. The number of phenolic OH excluding ortho intramolecular Hbond substituents is 1. The molecule has 22 heavy (non-hydrogen) atoms. The highest BCUT2D eigenvalue weighted by Gasteiger charge is 2.31. The van der Waals surface area contributed by atoms with Gasteiger partial charge in [-0.2, -0.15) is 0 Å². The minimum atomic E-state index is -0.522. The molecule has 1 atom stereocenters. The molecule has 0 bridgehead atoms. The van der Waals surface area contributed by atoms with Crippen molar-refractivity contribution in [3.05, 3.63) is 54.1 Å². The van der Waals surface area contributed by atoms with E-state index in [0.717, 1.165) is 18.5 Å². The van der Waals surface area contributed by atoms with Gasteiger partial charge in [-0.3, -0.25) is 4.79 Å². The number of aromatic hydroxyl groups is 1. The van der Waals surface area contributed by atoms with Crippen molar-refractivity contribution < 1.29 is 14.6 Å². The van der Waals surface area contributed by atoms with Gasteiger partial charge in [0.1, 0.15) is 11.5 Å². The molecule has 2 aromatic rings. The lowest BCUT2D eigenvalue weighted by molar-refractivity contribution is -0.125. The Balaban J connectivity index is 1.73. The monoisotopic (exact) mass is 297 g/mol. The molecule has 0 aliphatic carbocycles. The first-order chi connectivity index (χ1) is 10.6. The maximum absolute atomic E-state index is 12.4. The lowest BCUT2D eigenvalue weighted by Gasteiger charge is -2.33. The van der Waals surface area contributed by atoms with Crippen molar-refractivity contribution in [2.75, 3.05) is 11.4 Å². The first kappa shape index (κ1) is 14.4. The summed E-state index contributed by atoms with van der Waals surface area (Å²) in [5, 5.41) is 9.57. The molecule has 0 aromatic heterocycles. The van der Waals surface area contributed by atoms with Crippen molar-refractivity contribution in [2.24, 2.45) is 0 Å². The van der Waals surface area contributed by atoms with Gasteiger partial charge in [0, 0.05) is 12.6 Å². The van der Waals surface area contributed by atoms with Crippen LogP contribution in [0.5, 0.6) is 11.5 Å². The molecule has 0 saturated heterocycles. The Morgan fingerprint density at radius 2 is 1.95 bits per heavy atom. The Kier molecular flexibility index (Phi) is 4.00. The van der Waals surface area contributed by atoms with Crippen LogP contribution < -0.4 is 9.64 Å². The Bertz CT molecular complexity index is 669. The number of anilines is 1. The zero-order valence-electron chi connectivity index (χ0n) is 12.5. The number of fused-ring (bicyclic) bond motifs is 1. The molecule has 1 aliphatic heterocycles. The molecule has 2 aromatic carbocycles. The number of hydrogen-bond acceptors (Lipinski definition) is 3. The van der Waals surface area contributed by atoms with Gasteiger partial charge in [-0.1, -0.05) is 30.3 Å². The fourth-order valence-electron chi connectivity index (χ4n) is 2.72. The zero-order chi connectivity index (χ0) is 15.5. The van der Waals surface area contributed by atoms with Gasteiger partial charge in [-0.25, -0.2) is 0 Å². The van der Waals surface area contributed by atoms with Crippen molar-refractivity contribution in [1.82, 2.24) is 0 Å². The van der Waals surface area contributed by atoms with Gasteiger partial charge in [0.25, 0.3) is 5.91 Å². The summed E-state index contributed by atoms with van der Waals surface area (Å²) in [6, 6.07) is 15.1. The molecule has 1 unspecified atom stereocenters. The number of rotatable bonds is 4. The third kappa shape index (κ3) is 2.91. The van der Waals surface area contributed by atoms with Gasteiger partial charge in [0.05, 0.1) is 5.69 Å². The van der Waals surface area contributed by atoms with Crippen LogP contribution in [0, 0.1) is 0 Å². The summed E-state index contributed by atoms with van der Waals surface area (Å²) in [6.07, 6.45) is 1.28. The molecular weight excluding hydrogens is 278 g/mol. The number of hydrogen-bond donors (Lipinski definition) is 1. The van der Waals surface area contributed by atoms with Gasteiger partial charge < -0.3 is 14.7 Å². The molecule has 0 radical (unpaired) electrons. The molecule has 4 heteroatoms. The summed E-state index contributed by atoms with van der Waals surface area (Å²) in [6.45, 7) is 2.37. The number of aryl methyl sites for hydroxylation is 1. The average Bonchev–Trinajstić information content (AvgIpc) is 2.52. The highest BCUT2D eigenvalue weighted by atomic mass is 16.5. The Morgan fingerprint density at radius 3 is 2.73 bits per heavy atom. The molecule has 0 fully saturated rings. The van der Waals surface area contributed by atoms with Crippen molar-refractivity contribution in [3.8, 4) is 11.5 Å². The summed E-state index contributed by atoms with van der Waals surface area (Å²) in [4.78, 5) is 14.1. The van der Waals surface area contributed by atoms with E-state index in [-0.39, 0.29) is 11.7 Å². The van der Waals surface area contributed by atoms with Gasteiger partial charge in [-0.15, -0.1) is 0 Å². The summed E-state index contributed by atoms with van der Waals surface area (Å²) < 4.78 is 5.57. The van der Waals surface area contributed by atoms with Crippen LogP contribution in [0.15, 0.2) is 48.5 Å². The summed E-state index contributed by atoms with van der Waals surface area (Å²) in [5.41, 5.74) is 2.00. The van der Waals surface area contributed by atoms with E-state index in [1.165, 1.54) is 5.56 Å². The largest absolute Gasteiger partial charge is 0.508 e. The fraction of sp³-hybridized carbons (Fsp3) is 0.278. The molecule has 1 N–H and O–H groups in total. The number of nitrogens with zero attached hydrogens (tertiary/aromatic N) is 1. The predicted octanol–water partition coefficient (Wildman–Crippen LogP) is 3.14. The predicted molar refractivity (Wildman–Crippen MR) is 85.3 cm³/mol. The number of carbonyl (C=O) groups excluding carboxylic acids is 1. The van der Waals surface area contributed by atoms with Crippen LogP contribution >= 0.6 is 0 Å². The molecule has 4 nitrogen and oxygen atoms in total. The zero-order valence-corrected chi connectivity index (χ0v) is 12.5. The SMILES string of the molecule is CC1Oc2cc(O)ccc2N(CCCc2ccccc2)C1=O. The number of phenols is 1. The van der Waals surface area contributed by atoms with Crippen molar-refractivity contribution in [3.63, 3.8) is 0 Å². The topological polar surface area (TPSA) is 49.8 Å². The van der Waals surface area contributed by atoms with Gasteiger partial charge >= 0.3 is 0 Å². The molecule has 0 spiro atoms. The van der Waals surface area contributed by atoms with Crippen LogP contribution in [0.25, 0.3) is 0 Å². The quantitative estimate of drug-likeness (QED) is 0.943. The number of amides is 1. The molecule has 1 amide bonds. The van der Waals surface area contributed by atoms with Crippen molar-refractivity contribution >= 4 is 11.6 Å². The molecule has 1 heterocycles. The van der Waals surface area contributed by atoms with E-state index in [1.807, 2.05) is 18.2 Å². The third-order valence-corrected chi connectivity index (χ3v) is 3.84. The summed E-state index contributed by atoms with van der Waals surface area (Å²) in [7, 11) is 0.